The highest BCUT2D eigenvalue weighted by Gasteiger charge is 2.36. The summed E-state index contributed by atoms with van der Waals surface area (Å²) in [7, 11) is 0. The van der Waals surface area contributed by atoms with Crippen molar-refractivity contribution >= 4 is 11.4 Å². The Morgan fingerprint density at radius 3 is 2.65 bits per heavy atom. The Morgan fingerprint density at radius 2 is 1.82 bits per heavy atom. The molecule has 1 aromatic rings. The number of carbonyl (C=O) groups excluding carboxylic acids is 1. The normalized spacial score (nSPS) is 22.1. The Balaban J connectivity index is 2.25. The highest BCUT2D eigenvalue weighted by molar-refractivity contribution is 6.23. The van der Waals surface area contributed by atoms with Crippen LogP contribution in [0.1, 0.15) is 44.2 Å². The van der Waals surface area contributed by atoms with Crippen molar-refractivity contribution in [1.29, 1.82) is 0 Å². The molecule has 0 N–H and O–H groups in total. The zero-order chi connectivity index (χ0) is 12.0. The van der Waals surface area contributed by atoms with E-state index in [1.807, 2.05) is 6.07 Å². The molecule has 3 rings (SSSR count). The maximum Gasteiger partial charge on any atom is 0.163 e. The lowest BCUT2D eigenvalue weighted by Gasteiger charge is -2.37. The summed E-state index contributed by atoms with van der Waals surface area (Å²) in [4.78, 5) is 12.2. The van der Waals surface area contributed by atoms with Gasteiger partial charge in [0, 0.05) is 12.0 Å². The smallest absolute Gasteiger partial charge is 0.163 e. The maximum atomic E-state index is 12.2. The van der Waals surface area contributed by atoms with E-state index in [4.69, 9.17) is 0 Å². The molecule has 17 heavy (non-hydrogen) atoms. The van der Waals surface area contributed by atoms with Crippen LogP contribution in [0.25, 0.3) is 5.57 Å². The summed E-state index contributed by atoms with van der Waals surface area (Å²) >= 11 is 0. The van der Waals surface area contributed by atoms with Crippen molar-refractivity contribution < 1.29 is 4.79 Å². The van der Waals surface area contributed by atoms with Gasteiger partial charge in [-0.15, -0.1) is 0 Å². The molecule has 0 radical (unpaired) electrons. The summed E-state index contributed by atoms with van der Waals surface area (Å²) in [5.41, 5.74) is 5.19. The van der Waals surface area contributed by atoms with Gasteiger partial charge in [0.2, 0.25) is 0 Å². The van der Waals surface area contributed by atoms with Gasteiger partial charge in [-0.25, -0.2) is 0 Å². The van der Waals surface area contributed by atoms with Crippen molar-refractivity contribution in [3.63, 3.8) is 0 Å². The summed E-state index contributed by atoms with van der Waals surface area (Å²) in [6.07, 6.45) is 3.86. The Labute approximate surface area is 103 Å². The van der Waals surface area contributed by atoms with E-state index in [9.17, 15) is 4.79 Å². The van der Waals surface area contributed by atoms with Crippen LogP contribution in [0.2, 0.25) is 0 Å². The number of allylic oxidation sites excluding steroid dienone is 2. The molecule has 0 saturated carbocycles. The number of fused-ring (bicyclic) bond motifs is 2. The Kier molecular flexibility index (Phi) is 2.25. The lowest BCUT2D eigenvalue weighted by atomic mass is 9.66. The molecule has 0 aromatic heterocycles. The van der Waals surface area contributed by atoms with Gasteiger partial charge in [-0.1, -0.05) is 43.7 Å². The molecule has 88 valence electrons. The molecule has 0 aliphatic heterocycles. The monoisotopic (exact) mass is 226 g/mol. The van der Waals surface area contributed by atoms with Gasteiger partial charge in [0.25, 0.3) is 0 Å². The first-order chi connectivity index (χ1) is 8.09. The lowest BCUT2D eigenvalue weighted by Crippen LogP contribution is -2.28. The highest BCUT2D eigenvalue weighted by Crippen LogP contribution is 2.47. The van der Waals surface area contributed by atoms with Crippen LogP contribution in [-0.4, -0.2) is 5.78 Å². The van der Waals surface area contributed by atoms with Gasteiger partial charge in [0.15, 0.2) is 5.78 Å². The number of hydrogen-bond donors (Lipinski definition) is 0. The largest absolute Gasteiger partial charge is 0.294 e. The summed E-state index contributed by atoms with van der Waals surface area (Å²) in [6.45, 7) is 4.56. The quantitative estimate of drug-likeness (QED) is 0.658. The highest BCUT2D eigenvalue weighted by atomic mass is 16.1. The van der Waals surface area contributed by atoms with Gasteiger partial charge < -0.3 is 0 Å². The third-order valence-electron chi connectivity index (χ3n) is 4.31. The fraction of sp³-hybridized carbons (Fsp3) is 0.438. The van der Waals surface area contributed by atoms with E-state index in [1.165, 1.54) is 16.7 Å². The van der Waals surface area contributed by atoms with Crippen LogP contribution in [0.3, 0.4) is 0 Å². The first-order valence-electron chi connectivity index (χ1n) is 6.45. The van der Waals surface area contributed by atoms with Crippen LogP contribution < -0.4 is 0 Å². The van der Waals surface area contributed by atoms with Gasteiger partial charge in [-0.3, -0.25) is 4.79 Å². The molecule has 1 aromatic carbocycles. The third-order valence-corrected chi connectivity index (χ3v) is 4.31. The Hall–Kier alpha value is -1.37. The van der Waals surface area contributed by atoms with Crippen molar-refractivity contribution in [3.05, 3.63) is 41.0 Å². The van der Waals surface area contributed by atoms with Crippen LogP contribution >= 0.6 is 0 Å². The van der Waals surface area contributed by atoms with E-state index in [0.29, 0.717) is 12.2 Å². The Morgan fingerprint density at radius 1 is 1.06 bits per heavy atom. The van der Waals surface area contributed by atoms with Crippen LogP contribution in [0.5, 0.6) is 0 Å². The molecular formula is C16H18O. The molecule has 2 aliphatic carbocycles. The van der Waals surface area contributed by atoms with E-state index in [1.54, 1.807) is 0 Å². The number of aryl methyl sites for hydroxylation is 1. The number of benzene rings is 1. The van der Waals surface area contributed by atoms with E-state index < -0.39 is 0 Å². The van der Waals surface area contributed by atoms with Gasteiger partial charge in [-0.2, -0.15) is 0 Å². The fourth-order valence-electron chi connectivity index (χ4n) is 3.23. The Bertz CT molecular complexity index is 520. The SMILES string of the molecule is CC1(C)CCC(=O)C2=C1CCc1ccccc12. The molecule has 0 amide bonds. The average Bonchev–Trinajstić information content (AvgIpc) is 2.33. The number of Topliss-reactive ketones (excluding diaryl/α,β-unsaturated/α-hetero) is 1. The number of hydrogen-bond acceptors (Lipinski definition) is 1. The minimum Gasteiger partial charge on any atom is -0.294 e. The topological polar surface area (TPSA) is 17.1 Å². The predicted molar refractivity (Wildman–Crippen MR) is 69.7 cm³/mol. The second-order valence-corrected chi connectivity index (χ2v) is 5.82. The second kappa shape index (κ2) is 3.56. The second-order valence-electron chi connectivity index (χ2n) is 5.82. The standard InChI is InChI=1S/C16H18O/c1-16(2)10-9-14(17)15-12-6-4-3-5-11(12)7-8-13(15)16/h3-6H,7-10H2,1-2H3. The molecule has 0 fully saturated rings. The van der Waals surface area contributed by atoms with Crippen molar-refractivity contribution in [2.45, 2.75) is 39.5 Å². The summed E-state index contributed by atoms with van der Waals surface area (Å²) < 4.78 is 0. The molecule has 1 nitrogen and oxygen atoms in total. The van der Waals surface area contributed by atoms with E-state index in [0.717, 1.165) is 24.8 Å². The molecule has 0 spiro atoms. The van der Waals surface area contributed by atoms with Crippen LogP contribution in [-0.2, 0) is 11.2 Å². The number of rotatable bonds is 0. The first kappa shape index (κ1) is 10.8. The van der Waals surface area contributed by atoms with Gasteiger partial charge in [0.05, 0.1) is 0 Å². The minimum atomic E-state index is 0.205. The van der Waals surface area contributed by atoms with Crippen LogP contribution in [0, 0.1) is 5.41 Å². The first-order valence-corrected chi connectivity index (χ1v) is 6.45. The zero-order valence-electron chi connectivity index (χ0n) is 10.5. The number of ketones is 1. The van der Waals surface area contributed by atoms with Gasteiger partial charge in [0.1, 0.15) is 0 Å². The van der Waals surface area contributed by atoms with Gasteiger partial charge >= 0.3 is 0 Å². The van der Waals surface area contributed by atoms with Crippen molar-refractivity contribution in [2.75, 3.05) is 0 Å². The minimum absolute atomic E-state index is 0.205. The van der Waals surface area contributed by atoms with E-state index in [-0.39, 0.29) is 5.41 Å². The summed E-state index contributed by atoms with van der Waals surface area (Å²) in [5, 5.41) is 0. The zero-order valence-corrected chi connectivity index (χ0v) is 10.5. The van der Waals surface area contributed by atoms with E-state index >= 15 is 0 Å². The molecule has 1 heteroatoms. The van der Waals surface area contributed by atoms with Crippen LogP contribution in [0.4, 0.5) is 0 Å². The average molecular weight is 226 g/mol. The lowest BCUT2D eigenvalue weighted by molar-refractivity contribution is -0.114. The number of carbonyl (C=O) groups is 1. The predicted octanol–water partition coefficient (Wildman–Crippen LogP) is 3.78. The molecule has 0 heterocycles. The molecule has 0 saturated heterocycles. The summed E-state index contributed by atoms with van der Waals surface area (Å²) in [6, 6.07) is 8.39. The molecular weight excluding hydrogens is 208 g/mol. The van der Waals surface area contributed by atoms with Crippen LogP contribution in [0.15, 0.2) is 29.8 Å². The third kappa shape index (κ3) is 1.56. The van der Waals surface area contributed by atoms with Crippen molar-refractivity contribution in [1.82, 2.24) is 0 Å². The fourth-order valence-corrected chi connectivity index (χ4v) is 3.23. The maximum absolute atomic E-state index is 12.2. The van der Waals surface area contributed by atoms with Crippen molar-refractivity contribution in [2.24, 2.45) is 5.41 Å². The van der Waals surface area contributed by atoms with Gasteiger partial charge in [-0.05, 0) is 35.8 Å². The molecule has 0 atom stereocenters. The summed E-state index contributed by atoms with van der Waals surface area (Å²) in [5.74, 6) is 0.353. The molecule has 0 bridgehead atoms. The van der Waals surface area contributed by atoms with Crippen molar-refractivity contribution in [3.8, 4) is 0 Å². The molecule has 0 unspecified atom stereocenters. The molecule has 2 aliphatic rings. The van der Waals surface area contributed by atoms with E-state index in [2.05, 4.69) is 32.0 Å².